The quantitative estimate of drug-likeness (QED) is 0.602. The molecule has 0 spiro atoms. The first-order chi connectivity index (χ1) is 8.97. The number of nitrogens with zero attached hydrogens (tertiary/aromatic N) is 1. The molecule has 0 heterocycles. The summed E-state index contributed by atoms with van der Waals surface area (Å²) in [5, 5.41) is 22.8. The van der Waals surface area contributed by atoms with Gasteiger partial charge in [-0.05, 0) is 12.8 Å². The van der Waals surface area contributed by atoms with Crippen LogP contribution in [0.4, 0.5) is 11.4 Å². The van der Waals surface area contributed by atoms with Crippen LogP contribution in [-0.2, 0) is 4.79 Å². The van der Waals surface area contributed by atoms with Crippen LogP contribution >= 0.6 is 0 Å². The van der Waals surface area contributed by atoms with Crippen molar-refractivity contribution in [3.8, 4) is 5.75 Å². The molecular formula is C12H14N2O5. The lowest BCUT2D eigenvalue weighted by Gasteiger charge is -2.12. The molecule has 0 amide bonds. The molecule has 1 aliphatic rings. The molecule has 1 fully saturated rings. The van der Waals surface area contributed by atoms with Crippen LogP contribution < -0.4 is 10.1 Å². The van der Waals surface area contributed by atoms with Crippen LogP contribution in [0.2, 0.25) is 0 Å². The molecule has 2 rings (SSSR count). The van der Waals surface area contributed by atoms with Crippen molar-refractivity contribution in [3.63, 3.8) is 0 Å². The molecule has 0 bridgehead atoms. The van der Waals surface area contributed by atoms with Gasteiger partial charge in [-0.15, -0.1) is 0 Å². The van der Waals surface area contributed by atoms with E-state index in [2.05, 4.69) is 5.32 Å². The van der Waals surface area contributed by atoms with Crippen LogP contribution in [-0.4, -0.2) is 29.7 Å². The highest BCUT2D eigenvalue weighted by molar-refractivity contribution is 5.78. The molecule has 0 aromatic heterocycles. The molecule has 0 unspecified atom stereocenters. The summed E-state index contributed by atoms with van der Waals surface area (Å²) in [7, 11) is 1.42. The minimum absolute atomic E-state index is 0.0954. The smallest absolute Gasteiger partial charge is 0.311 e. The highest BCUT2D eigenvalue weighted by Crippen LogP contribution is 2.46. The molecule has 1 aliphatic carbocycles. The lowest BCUT2D eigenvalue weighted by atomic mass is 10.1. The van der Waals surface area contributed by atoms with E-state index in [0.29, 0.717) is 24.3 Å². The van der Waals surface area contributed by atoms with E-state index in [-0.39, 0.29) is 12.2 Å². The Balaban J connectivity index is 2.14. The number of anilines is 1. The number of nitro groups is 1. The molecule has 1 aromatic carbocycles. The first-order valence-electron chi connectivity index (χ1n) is 5.78. The molecule has 102 valence electrons. The van der Waals surface area contributed by atoms with Gasteiger partial charge in [0, 0.05) is 24.4 Å². The molecule has 2 N–H and O–H groups in total. The third-order valence-corrected chi connectivity index (χ3v) is 3.28. The summed E-state index contributed by atoms with van der Waals surface area (Å²) in [4.78, 5) is 21.3. The van der Waals surface area contributed by atoms with Crippen LogP contribution in [0.1, 0.15) is 12.8 Å². The van der Waals surface area contributed by atoms with Crippen molar-refractivity contribution in [1.29, 1.82) is 0 Å². The maximum atomic E-state index is 11.0. The summed E-state index contributed by atoms with van der Waals surface area (Å²) in [6, 6.07) is 4.28. The molecule has 7 heteroatoms. The van der Waals surface area contributed by atoms with Crippen molar-refractivity contribution in [2.75, 3.05) is 19.0 Å². The van der Waals surface area contributed by atoms with Gasteiger partial charge in [0.1, 0.15) is 5.75 Å². The average Bonchev–Trinajstić information content (AvgIpc) is 3.17. The number of nitrogens with one attached hydrogen (secondary N) is 1. The molecule has 0 aliphatic heterocycles. The summed E-state index contributed by atoms with van der Waals surface area (Å²) >= 11 is 0. The number of nitro benzene ring substituents is 1. The highest BCUT2D eigenvalue weighted by Gasteiger charge is 2.50. The van der Waals surface area contributed by atoms with Gasteiger partial charge in [-0.2, -0.15) is 0 Å². The first-order valence-corrected chi connectivity index (χ1v) is 5.78. The molecule has 7 nitrogen and oxygen atoms in total. The Bertz CT molecular complexity index is 525. The van der Waals surface area contributed by atoms with Crippen molar-refractivity contribution < 1.29 is 19.6 Å². The summed E-state index contributed by atoms with van der Waals surface area (Å²) in [6.45, 7) is 0.257. The highest BCUT2D eigenvalue weighted by atomic mass is 16.6. The van der Waals surface area contributed by atoms with Gasteiger partial charge in [0.05, 0.1) is 23.5 Å². The number of hydrogen-bond donors (Lipinski definition) is 2. The average molecular weight is 266 g/mol. The molecule has 0 atom stereocenters. The van der Waals surface area contributed by atoms with Crippen molar-refractivity contribution in [3.05, 3.63) is 28.3 Å². The number of non-ortho nitro benzene ring substituents is 1. The van der Waals surface area contributed by atoms with E-state index < -0.39 is 16.3 Å². The Labute approximate surface area is 109 Å². The predicted octanol–water partition coefficient (Wildman–Crippen LogP) is 1.88. The van der Waals surface area contributed by atoms with Gasteiger partial charge in [-0.1, -0.05) is 0 Å². The number of carboxylic acid groups (broad SMARTS) is 1. The summed E-state index contributed by atoms with van der Waals surface area (Å²) in [5.41, 5.74) is -0.335. The topological polar surface area (TPSA) is 102 Å². The van der Waals surface area contributed by atoms with Gasteiger partial charge in [0.2, 0.25) is 0 Å². The molecular weight excluding hydrogens is 252 g/mol. The lowest BCUT2D eigenvalue weighted by molar-refractivity contribution is -0.384. The van der Waals surface area contributed by atoms with Crippen LogP contribution in [0.15, 0.2) is 18.2 Å². The second kappa shape index (κ2) is 4.75. The molecule has 19 heavy (non-hydrogen) atoms. The lowest BCUT2D eigenvalue weighted by Crippen LogP contribution is -2.24. The Morgan fingerprint density at radius 1 is 1.53 bits per heavy atom. The number of ether oxygens (including phenoxy) is 1. The van der Waals surface area contributed by atoms with Gasteiger partial charge in [0.15, 0.2) is 0 Å². The Hall–Kier alpha value is -2.31. The van der Waals surface area contributed by atoms with Gasteiger partial charge in [-0.3, -0.25) is 14.9 Å². The van der Waals surface area contributed by atoms with Crippen molar-refractivity contribution in [1.82, 2.24) is 0 Å². The van der Waals surface area contributed by atoms with Crippen molar-refractivity contribution in [2.45, 2.75) is 12.8 Å². The summed E-state index contributed by atoms with van der Waals surface area (Å²) in [6.07, 6.45) is 1.25. The van der Waals surface area contributed by atoms with Crippen LogP contribution in [0.5, 0.6) is 5.75 Å². The van der Waals surface area contributed by atoms with E-state index in [1.54, 1.807) is 6.07 Å². The summed E-state index contributed by atoms with van der Waals surface area (Å²) < 4.78 is 4.98. The fraction of sp³-hybridized carbons (Fsp3) is 0.417. The van der Waals surface area contributed by atoms with Gasteiger partial charge < -0.3 is 15.2 Å². The molecule has 1 saturated carbocycles. The molecule has 1 aromatic rings. The normalized spacial score (nSPS) is 15.6. The molecule has 0 radical (unpaired) electrons. The number of hydrogen-bond acceptors (Lipinski definition) is 5. The zero-order valence-corrected chi connectivity index (χ0v) is 10.4. The number of aliphatic carboxylic acids is 1. The number of carboxylic acids is 1. The van der Waals surface area contributed by atoms with Gasteiger partial charge in [0.25, 0.3) is 5.69 Å². The largest absolute Gasteiger partial charge is 0.496 e. The SMILES string of the molecule is COc1cc(NCC2(C(=O)O)CC2)cc([N+](=O)[O-])c1. The third kappa shape index (κ3) is 2.75. The van der Waals surface area contributed by atoms with Crippen LogP contribution in [0, 0.1) is 15.5 Å². The second-order valence-corrected chi connectivity index (χ2v) is 4.62. The van der Waals surface area contributed by atoms with E-state index in [4.69, 9.17) is 9.84 Å². The first kappa shape index (κ1) is 13.1. The minimum atomic E-state index is -0.836. The minimum Gasteiger partial charge on any atom is -0.496 e. The number of rotatable bonds is 6. The Morgan fingerprint density at radius 3 is 2.68 bits per heavy atom. The number of benzene rings is 1. The Morgan fingerprint density at radius 2 is 2.21 bits per heavy atom. The van der Waals surface area contributed by atoms with Crippen LogP contribution in [0.25, 0.3) is 0 Å². The maximum absolute atomic E-state index is 11.0. The van der Waals surface area contributed by atoms with E-state index >= 15 is 0 Å². The van der Waals surface area contributed by atoms with E-state index in [1.807, 2.05) is 0 Å². The van der Waals surface area contributed by atoms with E-state index in [9.17, 15) is 14.9 Å². The van der Waals surface area contributed by atoms with Gasteiger partial charge in [-0.25, -0.2) is 0 Å². The van der Waals surface area contributed by atoms with E-state index in [0.717, 1.165) is 0 Å². The maximum Gasteiger partial charge on any atom is 0.311 e. The third-order valence-electron chi connectivity index (χ3n) is 3.28. The second-order valence-electron chi connectivity index (χ2n) is 4.62. The fourth-order valence-corrected chi connectivity index (χ4v) is 1.80. The zero-order valence-electron chi connectivity index (χ0n) is 10.4. The fourth-order valence-electron chi connectivity index (χ4n) is 1.80. The molecule has 0 saturated heterocycles. The van der Waals surface area contributed by atoms with Crippen molar-refractivity contribution >= 4 is 17.3 Å². The predicted molar refractivity (Wildman–Crippen MR) is 67.4 cm³/mol. The Kier molecular flexibility index (Phi) is 3.28. The van der Waals surface area contributed by atoms with E-state index in [1.165, 1.54) is 19.2 Å². The zero-order chi connectivity index (χ0) is 14.0. The standard InChI is InChI=1S/C12H14N2O5/c1-19-10-5-8(4-9(6-10)14(17)18)13-7-12(2-3-12)11(15)16/h4-6,13H,2-3,7H2,1H3,(H,15,16). The monoisotopic (exact) mass is 266 g/mol. The summed E-state index contributed by atoms with van der Waals surface area (Å²) in [5.74, 6) is -0.478. The van der Waals surface area contributed by atoms with Crippen molar-refractivity contribution in [2.24, 2.45) is 5.41 Å². The van der Waals surface area contributed by atoms with Gasteiger partial charge >= 0.3 is 5.97 Å². The van der Waals surface area contributed by atoms with Crippen LogP contribution in [0.3, 0.4) is 0 Å². The number of carbonyl (C=O) groups is 1. The number of methoxy groups -OCH3 is 1.